The van der Waals surface area contributed by atoms with Crippen LogP contribution in [0.25, 0.3) is 0 Å². The molecule has 1 amide bonds. The predicted octanol–water partition coefficient (Wildman–Crippen LogP) is 2.39. The molecule has 2 aliphatic rings. The van der Waals surface area contributed by atoms with E-state index in [0.717, 1.165) is 69.5 Å². The third-order valence-electron chi connectivity index (χ3n) is 5.46. The third kappa shape index (κ3) is 4.23. The molecule has 2 atom stereocenters. The van der Waals surface area contributed by atoms with Crippen LogP contribution in [0.5, 0.6) is 0 Å². The molecule has 25 heavy (non-hydrogen) atoms. The molecule has 2 fully saturated rings. The number of piperazine rings is 1. The van der Waals surface area contributed by atoms with E-state index in [2.05, 4.69) is 23.7 Å². The average Bonchev–Trinajstić information content (AvgIpc) is 2.92. The maximum Gasteiger partial charge on any atom is 0.228 e. The highest BCUT2D eigenvalue weighted by molar-refractivity contribution is 5.79. The van der Waals surface area contributed by atoms with Crippen molar-refractivity contribution in [2.45, 2.75) is 53.2 Å². The van der Waals surface area contributed by atoms with Crippen LogP contribution >= 0.6 is 0 Å². The second-order valence-corrected chi connectivity index (χ2v) is 7.68. The van der Waals surface area contributed by atoms with Gasteiger partial charge in [-0.2, -0.15) is 0 Å². The normalized spacial score (nSPS) is 25.6. The predicted molar refractivity (Wildman–Crippen MR) is 95.1 cm³/mol. The first-order valence-electron chi connectivity index (χ1n) is 9.51. The Morgan fingerprint density at radius 3 is 2.56 bits per heavy atom. The van der Waals surface area contributed by atoms with Crippen molar-refractivity contribution in [3.05, 3.63) is 17.3 Å². The first kappa shape index (κ1) is 18.4. The molecule has 2 aliphatic heterocycles. The lowest BCUT2D eigenvalue weighted by atomic mass is 9.86. The fraction of sp³-hybridized carbons (Fsp3) is 0.789. The second kappa shape index (κ2) is 7.87. The molecule has 1 aromatic heterocycles. The number of hydrogen-bond acceptors (Lipinski definition) is 5. The minimum Gasteiger partial charge on any atom is -0.444 e. The van der Waals surface area contributed by atoms with Gasteiger partial charge in [-0.15, -0.1) is 0 Å². The molecule has 0 aromatic carbocycles. The van der Waals surface area contributed by atoms with E-state index in [0.29, 0.717) is 5.92 Å². The van der Waals surface area contributed by atoms with Crippen molar-refractivity contribution in [2.75, 3.05) is 32.8 Å². The van der Waals surface area contributed by atoms with E-state index in [1.165, 1.54) is 0 Å². The Balaban J connectivity index is 1.53. The summed E-state index contributed by atoms with van der Waals surface area (Å²) in [5.74, 6) is 2.35. The first-order valence-corrected chi connectivity index (χ1v) is 9.51. The molecule has 6 heteroatoms. The van der Waals surface area contributed by atoms with Crippen molar-refractivity contribution >= 4 is 5.91 Å². The molecule has 0 bridgehead atoms. The number of ether oxygens (including phenoxy) is 1. The molecule has 0 saturated carbocycles. The SMILES string of the molecule is Cc1nc(CN2CCN(C(=O)[C@@H]3CCCO[C@H]3C(C)C)CC2)oc1C. The minimum atomic E-state index is 0.0253. The van der Waals surface area contributed by atoms with Gasteiger partial charge in [-0.1, -0.05) is 13.8 Å². The highest BCUT2D eigenvalue weighted by Gasteiger charge is 2.37. The first-order chi connectivity index (χ1) is 12.0. The number of hydrogen-bond donors (Lipinski definition) is 0. The van der Waals surface area contributed by atoms with E-state index in [9.17, 15) is 4.79 Å². The van der Waals surface area contributed by atoms with Gasteiger partial charge >= 0.3 is 0 Å². The number of rotatable bonds is 4. The Bertz CT molecular complexity index is 571. The molecular weight excluding hydrogens is 318 g/mol. The number of carbonyl (C=O) groups excluding carboxylic acids is 1. The van der Waals surface area contributed by atoms with Gasteiger partial charge < -0.3 is 14.1 Å². The Hall–Kier alpha value is -1.40. The van der Waals surface area contributed by atoms with Crippen LogP contribution in [0.3, 0.4) is 0 Å². The summed E-state index contributed by atoms with van der Waals surface area (Å²) < 4.78 is 11.6. The van der Waals surface area contributed by atoms with E-state index < -0.39 is 0 Å². The molecule has 2 saturated heterocycles. The zero-order valence-electron chi connectivity index (χ0n) is 16.0. The van der Waals surface area contributed by atoms with Gasteiger partial charge in [0.15, 0.2) is 0 Å². The van der Waals surface area contributed by atoms with Crippen LogP contribution in [0, 0.1) is 25.7 Å². The van der Waals surface area contributed by atoms with Crippen molar-refractivity contribution in [2.24, 2.45) is 11.8 Å². The van der Waals surface area contributed by atoms with Crippen LogP contribution in [-0.4, -0.2) is 59.6 Å². The summed E-state index contributed by atoms with van der Waals surface area (Å²) in [7, 11) is 0. The molecule has 3 rings (SSSR count). The summed E-state index contributed by atoms with van der Waals surface area (Å²) >= 11 is 0. The van der Waals surface area contributed by atoms with Crippen LogP contribution in [0.1, 0.15) is 44.0 Å². The lowest BCUT2D eigenvalue weighted by molar-refractivity contribution is -0.149. The number of nitrogens with zero attached hydrogens (tertiary/aromatic N) is 3. The van der Waals surface area contributed by atoms with E-state index in [1.807, 2.05) is 18.7 Å². The van der Waals surface area contributed by atoms with Crippen molar-refractivity contribution < 1.29 is 13.9 Å². The van der Waals surface area contributed by atoms with E-state index in [4.69, 9.17) is 9.15 Å². The zero-order chi connectivity index (χ0) is 18.0. The fourth-order valence-electron chi connectivity index (χ4n) is 3.88. The van der Waals surface area contributed by atoms with E-state index in [1.54, 1.807) is 0 Å². The second-order valence-electron chi connectivity index (χ2n) is 7.68. The summed E-state index contributed by atoms with van der Waals surface area (Å²) in [5, 5.41) is 0. The maximum atomic E-state index is 13.0. The van der Waals surface area contributed by atoms with Gasteiger partial charge in [0.2, 0.25) is 11.8 Å². The molecule has 140 valence electrons. The minimum absolute atomic E-state index is 0.0253. The number of amides is 1. The summed E-state index contributed by atoms with van der Waals surface area (Å²) in [6.45, 7) is 13.0. The smallest absolute Gasteiger partial charge is 0.228 e. The largest absolute Gasteiger partial charge is 0.444 e. The number of oxazole rings is 1. The van der Waals surface area contributed by atoms with Crippen LogP contribution < -0.4 is 0 Å². The van der Waals surface area contributed by atoms with Crippen LogP contribution in [0.4, 0.5) is 0 Å². The topological polar surface area (TPSA) is 58.8 Å². The molecule has 1 aromatic rings. The maximum absolute atomic E-state index is 13.0. The van der Waals surface area contributed by atoms with Gasteiger partial charge in [0.25, 0.3) is 0 Å². The lowest BCUT2D eigenvalue weighted by Gasteiger charge is -2.40. The fourth-order valence-corrected chi connectivity index (χ4v) is 3.88. The summed E-state index contributed by atoms with van der Waals surface area (Å²) in [6, 6.07) is 0. The van der Waals surface area contributed by atoms with E-state index >= 15 is 0 Å². The molecule has 6 nitrogen and oxygen atoms in total. The van der Waals surface area contributed by atoms with Gasteiger partial charge in [-0.3, -0.25) is 9.69 Å². The number of aryl methyl sites for hydroxylation is 2. The molecule has 0 spiro atoms. The number of aromatic nitrogens is 1. The zero-order valence-corrected chi connectivity index (χ0v) is 16.0. The molecule has 0 aliphatic carbocycles. The van der Waals surface area contributed by atoms with Gasteiger partial charge in [0, 0.05) is 32.8 Å². The van der Waals surface area contributed by atoms with Crippen LogP contribution in [0.15, 0.2) is 4.42 Å². The highest BCUT2D eigenvalue weighted by atomic mass is 16.5. The Morgan fingerprint density at radius 2 is 1.96 bits per heavy atom. The Labute approximate surface area is 150 Å². The summed E-state index contributed by atoms with van der Waals surface area (Å²) in [6.07, 6.45) is 2.01. The Kier molecular flexibility index (Phi) is 5.79. The molecule has 3 heterocycles. The quantitative estimate of drug-likeness (QED) is 0.835. The standard InChI is InChI=1S/C19H31N3O3/c1-13(2)18-16(6-5-11-24-18)19(23)22-9-7-21(8-10-22)12-17-20-14(3)15(4)25-17/h13,16,18H,5-12H2,1-4H3/t16-,18+/m1/s1. The average molecular weight is 349 g/mol. The highest BCUT2D eigenvalue weighted by Crippen LogP contribution is 2.28. The van der Waals surface area contributed by atoms with Crippen LogP contribution in [0.2, 0.25) is 0 Å². The van der Waals surface area contributed by atoms with Gasteiger partial charge in [0.1, 0.15) is 5.76 Å². The van der Waals surface area contributed by atoms with Crippen molar-refractivity contribution in [1.29, 1.82) is 0 Å². The summed E-state index contributed by atoms with van der Waals surface area (Å²) in [4.78, 5) is 21.8. The molecule has 0 radical (unpaired) electrons. The lowest BCUT2D eigenvalue weighted by Crippen LogP contribution is -2.53. The van der Waals surface area contributed by atoms with Crippen molar-refractivity contribution in [3.63, 3.8) is 0 Å². The Morgan fingerprint density at radius 1 is 1.24 bits per heavy atom. The third-order valence-corrected chi connectivity index (χ3v) is 5.46. The molecule has 0 unspecified atom stereocenters. The van der Waals surface area contributed by atoms with Crippen LogP contribution in [-0.2, 0) is 16.1 Å². The molecular formula is C19H31N3O3. The monoisotopic (exact) mass is 349 g/mol. The van der Waals surface area contributed by atoms with E-state index in [-0.39, 0.29) is 17.9 Å². The van der Waals surface area contributed by atoms with Gasteiger partial charge in [-0.25, -0.2) is 4.98 Å². The van der Waals surface area contributed by atoms with Gasteiger partial charge in [-0.05, 0) is 32.6 Å². The van der Waals surface area contributed by atoms with Crippen molar-refractivity contribution in [1.82, 2.24) is 14.8 Å². The number of carbonyl (C=O) groups is 1. The molecule has 0 N–H and O–H groups in total. The van der Waals surface area contributed by atoms with Crippen molar-refractivity contribution in [3.8, 4) is 0 Å². The van der Waals surface area contributed by atoms with Gasteiger partial charge in [0.05, 0.1) is 24.3 Å². The summed E-state index contributed by atoms with van der Waals surface area (Å²) in [5.41, 5.74) is 0.959.